The molecule has 2 aromatic carbocycles. The summed E-state index contributed by atoms with van der Waals surface area (Å²) in [5.41, 5.74) is 10.1. The van der Waals surface area contributed by atoms with E-state index in [9.17, 15) is 18.4 Å². The van der Waals surface area contributed by atoms with Crippen molar-refractivity contribution in [3.8, 4) is 0 Å². The maximum absolute atomic E-state index is 13.2. The number of benzene rings is 2. The number of Topliss-reactive ketones (excluding diaryl/α,β-unsaturated/α-hetero) is 2. The molecule has 6 heteroatoms. The Kier molecular flexibility index (Phi) is 4.73. The molecule has 0 aromatic heterocycles. The van der Waals surface area contributed by atoms with Crippen molar-refractivity contribution in [2.75, 3.05) is 0 Å². The summed E-state index contributed by atoms with van der Waals surface area (Å²) in [5, 5.41) is 0. The molecule has 1 aliphatic rings. The van der Waals surface area contributed by atoms with Gasteiger partial charge in [-0.05, 0) is 61.4 Å². The monoisotopic (exact) mass is 358 g/mol. The summed E-state index contributed by atoms with van der Waals surface area (Å²) >= 11 is 0. The lowest BCUT2D eigenvalue weighted by Crippen LogP contribution is -2.74. The Morgan fingerprint density at radius 1 is 0.692 bits per heavy atom. The van der Waals surface area contributed by atoms with Crippen LogP contribution < -0.4 is 11.5 Å². The number of nitrogens with two attached hydrogens (primary N) is 2. The molecule has 0 spiro atoms. The molecule has 0 aliphatic heterocycles. The summed E-state index contributed by atoms with van der Waals surface area (Å²) in [5.74, 6) is -1.93. The predicted molar refractivity (Wildman–Crippen MR) is 93.8 cm³/mol. The van der Waals surface area contributed by atoms with Crippen LogP contribution in [0.5, 0.6) is 0 Å². The largest absolute Gasteiger partial charge is 0.317 e. The van der Waals surface area contributed by atoms with E-state index in [4.69, 9.17) is 11.5 Å². The van der Waals surface area contributed by atoms with Gasteiger partial charge in [0.1, 0.15) is 22.7 Å². The smallest absolute Gasteiger partial charge is 0.185 e. The van der Waals surface area contributed by atoms with Gasteiger partial charge in [-0.25, -0.2) is 8.78 Å². The lowest BCUT2D eigenvalue weighted by atomic mass is 9.62. The standard InChI is InChI=1S/C20H20F2N2O2/c21-15-7-3-13(4-8-15)17(25)19(23)11-1-2-12-20(19,24)18(26)14-5-9-16(22)10-6-14/h3-10H,1-2,11-12,23-24H2/t19-,20+. The van der Waals surface area contributed by atoms with Crippen LogP contribution in [0.25, 0.3) is 0 Å². The Hall–Kier alpha value is -2.44. The highest BCUT2D eigenvalue weighted by Crippen LogP contribution is 2.38. The zero-order chi connectivity index (χ0) is 18.9. The Bertz CT molecular complexity index is 764. The lowest BCUT2D eigenvalue weighted by molar-refractivity contribution is 0.0586. The van der Waals surface area contributed by atoms with Crippen molar-refractivity contribution in [2.45, 2.75) is 36.8 Å². The second-order valence-corrected chi connectivity index (χ2v) is 6.82. The topological polar surface area (TPSA) is 86.2 Å². The molecule has 0 amide bonds. The van der Waals surface area contributed by atoms with Gasteiger partial charge in [-0.3, -0.25) is 9.59 Å². The highest BCUT2D eigenvalue weighted by Gasteiger charge is 2.57. The number of hydrogen-bond donors (Lipinski definition) is 2. The summed E-state index contributed by atoms with van der Waals surface area (Å²) in [4.78, 5) is 26.2. The molecule has 3 rings (SSSR count). The SMILES string of the molecule is N[C@@]1(C(=O)c2ccc(F)cc2)CCCC[C@]1(N)C(=O)c1ccc(F)cc1. The fraction of sp³-hybridized carbons (Fsp3) is 0.300. The number of ketones is 2. The third kappa shape index (κ3) is 2.95. The average Bonchev–Trinajstić information content (AvgIpc) is 2.64. The first-order chi connectivity index (χ1) is 12.3. The van der Waals surface area contributed by atoms with Crippen molar-refractivity contribution in [3.05, 3.63) is 71.3 Å². The predicted octanol–water partition coefficient (Wildman–Crippen LogP) is 3.00. The van der Waals surface area contributed by atoms with Crippen molar-refractivity contribution in [2.24, 2.45) is 11.5 Å². The second kappa shape index (κ2) is 6.70. The van der Waals surface area contributed by atoms with Crippen LogP contribution in [-0.4, -0.2) is 22.6 Å². The molecule has 2 atom stereocenters. The molecule has 0 bridgehead atoms. The van der Waals surface area contributed by atoms with Gasteiger partial charge in [0, 0.05) is 11.1 Å². The first-order valence-electron chi connectivity index (χ1n) is 8.46. The van der Waals surface area contributed by atoms with E-state index >= 15 is 0 Å². The maximum Gasteiger partial charge on any atom is 0.185 e. The molecule has 0 radical (unpaired) electrons. The normalized spacial score (nSPS) is 25.7. The molecule has 2 aromatic rings. The molecule has 0 saturated heterocycles. The van der Waals surface area contributed by atoms with Crippen LogP contribution >= 0.6 is 0 Å². The summed E-state index contributed by atoms with van der Waals surface area (Å²) in [6.45, 7) is 0. The van der Waals surface area contributed by atoms with Crippen molar-refractivity contribution >= 4 is 11.6 Å². The van der Waals surface area contributed by atoms with E-state index in [1.165, 1.54) is 48.5 Å². The first-order valence-corrected chi connectivity index (χ1v) is 8.46. The van der Waals surface area contributed by atoms with Crippen LogP contribution in [0, 0.1) is 11.6 Å². The van der Waals surface area contributed by atoms with Gasteiger partial charge < -0.3 is 11.5 Å². The second-order valence-electron chi connectivity index (χ2n) is 6.82. The van der Waals surface area contributed by atoms with Gasteiger partial charge in [0.05, 0.1) is 0 Å². The Morgan fingerprint density at radius 2 is 1.00 bits per heavy atom. The number of halogens is 2. The molecule has 4 N–H and O–H groups in total. The molecule has 1 aliphatic carbocycles. The van der Waals surface area contributed by atoms with Gasteiger partial charge in [0.15, 0.2) is 11.6 Å². The minimum atomic E-state index is -1.62. The van der Waals surface area contributed by atoms with Gasteiger partial charge in [-0.2, -0.15) is 0 Å². The molecular weight excluding hydrogens is 338 g/mol. The van der Waals surface area contributed by atoms with E-state index in [0.29, 0.717) is 12.8 Å². The van der Waals surface area contributed by atoms with E-state index in [1.807, 2.05) is 0 Å². The van der Waals surface area contributed by atoms with E-state index < -0.39 is 34.3 Å². The van der Waals surface area contributed by atoms with Gasteiger partial charge in [0.25, 0.3) is 0 Å². The van der Waals surface area contributed by atoms with E-state index in [-0.39, 0.29) is 24.0 Å². The van der Waals surface area contributed by atoms with Crippen LogP contribution in [0.2, 0.25) is 0 Å². The summed E-state index contributed by atoms with van der Waals surface area (Å²) in [6, 6.07) is 10.0. The highest BCUT2D eigenvalue weighted by atomic mass is 19.1. The highest BCUT2D eigenvalue weighted by molar-refractivity contribution is 6.13. The molecule has 0 unspecified atom stereocenters. The molecule has 0 heterocycles. The molecular formula is C20H20F2N2O2. The van der Waals surface area contributed by atoms with Crippen molar-refractivity contribution in [3.63, 3.8) is 0 Å². The molecule has 26 heavy (non-hydrogen) atoms. The quantitative estimate of drug-likeness (QED) is 0.823. The van der Waals surface area contributed by atoms with E-state index in [0.717, 1.165) is 0 Å². The Morgan fingerprint density at radius 3 is 1.31 bits per heavy atom. The van der Waals surface area contributed by atoms with Crippen LogP contribution in [0.3, 0.4) is 0 Å². The minimum Gasteiger partial charge on any atom is -0.317 e. The van der Waals surface area contributed by atoms with Crippen LogP contribution in [0.15, 0.2) is 48.5 Å². The minimum absolute atomic E-state index is 0.206. The van der Waals surface area contributed by atoms with Gasteiger partial charge >= 0.3 is 0 Å². The van der Waals surface area contributed by atoms with Gasteiger partial charge in [0.2, 0.25) is 0 Å². The zero-order valence-electron chi connectivity index (χ0n) is 14.2. The molecule has 136 valence electrons. The van der Waals surface area contributed by atoms with E-state index in [2.05, 4.69) is 0 Å². The third-order valence-corrected chi connectivity index (χ3v) is 5.21. The van der Waals surface area contributed by atoms with Crippen molar-refractivity contribution < 1.29 is 18.4 Å². The molecule has 1 fully saturated rings. The van der Waals surface area contributed by atoms with E-state index in [1.54, 1.807) is 0 Å². The summed E-state index contributed by atoms with van der Waals surface area (Å²) in [6.07, 6.45) is 1.79. The van der Waals surface area contributed by atoms with Crippen LogP contribution in [0.1, 0.15) is 46.4 Å². The number of carbonyl (C=O) groups is 2. The fourth-order valence-corrected chi connectivity index (χ4v) is 3.60. The fourth-order valence-electron chi connectivity index (χ4n) is 3.60. The summed E-state index contributed by atoms with van der Waals surface area (Å²) in [7, 11) is 0. The Labute approximate surface area is 150 Å². The van der Waals surface area contributed by atoms with Crippen molar-refractivity contribution in [1.29, 1.82) is 0 Å². The number of carbonyl (C=O) groups excluding carboxylic acids is 2. The van der Waals surface area contributed by atoms with Crippen molar-refractivity contribution in [1.82, 2.24) is 0 Å². The van der Waals surface area contributed by atoms with Gasteiger partial charge in [-0.15, -0.1) is 0 Å². The maximum atomic E-state index is 13.2. The molecule has 4 nitrogen and oxygen atoms in total. The number of hydrogen-bond acceptors (Lipinski definition) is 4. The van der Waals surface area contributed by atoms with Crippen LogP contribution in [-0.2, 0) is 0 Å². The zero-order valence-corrected chi connectivity index (χ0v) is 14.2. The van der Waals surface area contributed by atoms with Gasteiger partial charge in [-0.1, -0.05) is 12.8 Å². The average molecular weight is 358 g/mol. The number of rotatable bonds is 4. The molecule has 1 saturated carbocycles. The Balaban J connectivity index is 2.02. The third-order valence-electron chi connectivity index (χ3n) is 5.21. The summed E-state index contributed by atoms with van der Waals surface area (Å²) < 4.78 is 26.3. The first kappa shape index (κ1) is 18.4. The lowest BCUT2D eigenvalue weighted by Gasteiger charge is -2.47. The van der Waals surface area contributed by atoms with Crippen LogP contribution in [0.4, 0.5) is 8.78 Å².